The van der Waals surface area contributed by atoms with Gasteiger partial charge in [0, 0.05) is 18.3 Å². The topological polar surface area (TPSA) is 42.1 Å². The molecule has 1 aliphatic heterocycles. The molecule has 0 aromatic carbocycles. The molecule has 19 heavy (non-hydrogen) atoms. The zero-order valence-corrected chi connectivity index (χ0v) is 12.3. The highest BCUT2D eigenvalue weighted by atomic mass is 15.2. The summed E-state index contributed by atoms with van der Waals surface area (Å²) in [4.78, 5) is 7.15. The van der Waals surface area contributed by atoms with Gasteiger partial charge in [-0.2, -0.15) is 0 Å². The van der Waals surface area contributed by atoms with Crippen LogP contribution in [0.5, 0.6) is 0 Å². The van der Waals surface area contributed by atoms with Gasteiger partial charge >= 0.3 is 0 Å². The maximum absolute atomic E-state index is 6.41. The second-order valence-corrected chi connectivity index (χ2v) is 5.71. The lowest BCUT2D eigenvalue weighted by Crippen LogP contribution is -2.45. The predicted octanol–water partition coefficient (Wildman–Crippen LogP) is 3.12. The van der Waals surface area contributed by atoms with Crippen LogP contribution in [-0.2, 0) is 0 Å². The first-order valence-corrected chi connectivity index (χ1v) is 7.66. The number of hydrogen-bond acceptors (Lipinski definition) is 3. The summed E-state index contributed by atoms with van der Waals surface area (Å²) < 4.78 is 0. The average molecular weight is 261 g/mol. The Morgan fingerprint density at radius 1 is 1.37 bits per heavy atom. The van der Waals surface area contributed by atoms with Crippen LogP contribution in [-0.4, -0.2) is 28.5 Å². The maximum Gasteiger partial charge on any atom is 0.0675 e. The van der Waals surface area contributed by atoms with E-state index in [2.05, 4.69) is 35.9 Å². The van der Waals surface area contributed by atoms with Gasteiger partial charge in [0.05, 0.1) is 11.7 Å². The van der Waals surface area contributed by atoms with Gasteiger partial charge in [0.2, 0.25) is 0 Å². The molecule has 3 heteroatoms. The second kappa shape index (κ2) is 7.01. The Balaban J connectivity index is 2.26. The fourth-order valence-corrected chi connectivity index (χ4v) is 3.12. The first-order valence-electron chi connectivity index (χ1n) is 7.66. The third-order valence-corrected chi connectivity index (χ3v) is 4.33. The highest BCUT2D eigenvalue weighted by molar-refractivity contribution is 5.12. The summed E-state index contributed by atoms with van der Waals surface area (Å²) in [5.74, 6) is 0. The van der Waals surface area contributed by atoms with Crippen LogP contribution in [0.4, 0.5) is 0 Å². The van der Waals surface area contributed by atoms with Crippen LogP contribution >= 0.6 is 0 Å². The Bertz CT molecular complexity index is 366. The number of aromatic nitrogens is 1. The zero-order valence-electron chi connectivity index (χ0n) is 12.3. The summed E-state index contributed by atoms with van der Waals surface area (Å²) in [7, 11) is 0. The molecule has 0 aliphatic carbocycles. The lowest BCUT2D eigenvalue weighted by molar-refractivity contribution is 0.121. The molecular weight excluding hydrogens is 234 g/mol. The van der Waals surface area contributed by atoms with Crippen molar-refractivity contribution in [1.29, 1.82) is 0 Å². The van der Waals surface area contributed by atoms with Crippen molar-refractivity contribution in [2.45, 2.75) is 64.1 Å². The van der Waals surface area contributed by atoms with Crippen molar-refractivity contribution in [3.8, 4) is 0 Å². The van der Waals surface area contributed by atoms with Crippen LogP contribution in [0.3, 0.4) is 0 Å². The largest absolute Gasteiger partial charge is 0.326 e. The first-order chi connectivity index (χ1) is 9.24. The molecule has 3 unspecified atom stereocenters. The van der Waals surface area contributed by atoms with Crippen molar-refractivity contribution in [2.75, 3.05) is 6.54 Å². The van der Waals surface area contributed by atoms with Gasteiger partial charge in [0.25, 0.3) is 0 Å². The summed E-state index contributed by atoms with van der Waals surface area (Å²) in [6, 6.07) is 7.20. The Morgan fingerprint density at radius 2 is 2.21 bits per heavy atom. The average Bonchev–Trinajstić information content (AvgIpc) is 2.66. The second-order valence-electron chi connectivity index (χ2n) is 5.71. The molecule has 0 amide bonds. The van der Waals surface area contributed by atoms with Gasteiger partial charge < -0.3 is 5.73 Å². The molecule has 1 fully saturated rings. The van der Waals surface area contributed by atoms with Gasteiger partial charge in [0.15, 0.2) is 0 Å². The van der Waals surface area contributed by atoms with Gasteiger partial charge in [-0.05, 0) is 44.9 Å². The van der Waals surface area contributed by atoms with Gasteiger partial charge in [-0.1, -0.05) is 25.8 Å². The molecule has 0 saturated carbocycles. The molecule has 2 rings (SSSR count). The van der Waals surface area contributed by atoms with Crippen LogP contribution in [0.2, 0.25) is 0 Å². The number of hydrogen-bond donors (Lipinski definition) is 1. The summed E-state index contributed by atoms with van der Waals surface area (Å²) in [6.07, 6.45) is 8.12. The minimum absolute atomic E-state index is 0.162. The van der Waals surface area contributed by atoms with Gasteiger partial charge in [-0.15, -0.1) is 0 Å². The summed E-state index contributed by atoms with van der Waals surface area (Å²) >= 11 is 0. The number of likely N-dealkylation sites (tertiary alicyclic amines) is 1. The lowest BCUT2D eigenvalue weighted by atomic mass is 9.98. The molecule has 106 valence electrons. The van der Waals surface area contributed by atoms with E-state index >= 15 is 0 Å². The van der Waals surface area contributed by atoms with Gasteiger partial charge in [-0.3, -0.25) is 9.88 Å². The van der Waals surface area contributed by atoms with Crippen molar-refractivity contribution >= 4 is 0 Å². The molecule has 2 N–H and O–H groups in total. The van der Waals surface area contributed by atoms with Crippen molar-refractivity contribution in [3.63, 3.8) is 0 Å². The van der Waals surface area contributed by atoms with Crippen molar-refractivity contribution in [2.24, 2.45) is 5.73 Å². The third kappa shape index (κ3) is 3.54. The van der Waals surface area contributed by atoms with E-state index in [-0.39, 0.29) is 12.1 Å². The first kappa shape index (κ1) is 14.5. The minimum atomic E-state index is 0.162. The Morgan fingerprint density at radius 3 is 2.89 bits per heavy atom. The summed E-state index contributed by atoms with van der Waals surface area (Å²) in [6.45, 7) is 5.66. The number of nitrogens with zero attached hydrogens (tertiary/aromatic N) is 2. The van der Waals surface area contributed by atoms with Crippen LogP contribution in [0.1, 0.15) is 57.7 Å². The maximum atomic E-state index is 6.41. The van der Waals surface area contributed by atoms with E-state index < -0.39 is 0 Å². The lowest BCUT2D eigenvalue weighted by Gasteiger charge is -2.38. The van der Waals surface area contributed by atoms with E-state index in [1.807, 2.05) is 12.3 Å². The standard InChI is InChI=1S/C16H27N3/c1-3-14(17)16(15-10-6-7-11-18-15)19-12-8-4-5-9-13(19)2/h6-7,10-11,13-14,16H,3-5,8-9,12,17H2,1-2H3. The Hall–Kier alpha value is -0.930. The molecular formula is C16H27N3. The Kier molecular flexibility index (Phi) is 5.34. The number of nitrogens with two attached hydrogens (primary N) is 1. The fraction of sp³-hybridized carbons (Fsp3) is 0.688. The summed E-state index contributed by atoms with van der Waals surface area (Å²) in [5.41, 5.74) is 7.54. The SMILES string of the molecule is CCC(N)C(c1ccccn1)N1CCCCCC1C. The molecule has 1 aliphatic rings. The molecule has 1 saturated heterocycles. The zero-order chi connectivity index (χ0) is 13.7. The fourth-order valence-electron chi connectivity index (χ4n) is 3.12. The van der Waals surface area contributed by atoms with Crippen molar-refractivity contribution < 1.29 is 0 Å². The molecule has 2 heterocycles. The molecule has 1 aromatic rings. The monoisotopic (exact) mass is 261 g/mol. The quantitative estimate of drug-likeness (QED) is 0.905. The molecule has 3 nitrogen and oxygen atoms in total. The normalized spacial score (nSPS) is 24.7. The van der Waals surface area contributed by atoms with E-state index in [4.69, 9.17) is 5.73 Å². The minimum Gasteiger partial charge on any atom is -0.326 e. The smallest absolute Gasteiger partial charge is 0.0675 e. The van der Waals surface area contributed by atoms with Crippen molar-refractivity contribution in [3.05, 3.63) is 30.1 Å². The van der Waals surface area contributed by atoms with Crippen LogP contribution in [0.15, 0.2) is 24.4 Å². The van der Waals surface area contributed by atoms with Crippen LogP contribution in [0.25, 0.3) is 0 Å². The van der Waals surface area contributed by atoms with Gasteiger partial charge in [0.1, 0.15) is 0 Å². The Labute approximate surface area is 117 Å². The predicted molar refractivity (Wildman–Crippen MR) is 79.9 cm³/mol. The highest BCUT2D eigenvalue weighted by Crippen LogP contribution is 2.29. The third-order valence-electron chi connectivity index (χ3n) is 4.33. The van der Waals surface area contributed by atoms with E-state index in [1.54, 1.807) is 0 Å². The number of rotatable bonds is 4. The van der Waals surface area contributed by atoms with E-state index in [9.17, 15) is 0 Å². The number of pyridine rings is 1. The summed E-state index contributed by atoms with van der Waals surface area (Å²) in [5, 5.41) is 0. The van der Waals surface area contributed by atoms with E-state index in [0.717, 1.165) is 18.7 Å². The van der Waals surface area contributed by atoms with Crippen LogP contribution in [0, 0.1) is 0 Å². The van der Waals surface area contributed by atoms with E-state index in [0.29, 0.717) is 6.04 Å². The van der Waals surface area contributed by atoms with Crippen molar-refractivity contribution in [1.82, 2.24) is 9.88 Å². The van der Waals surface area contributed by atoms with E-state index in [1.165, 1.54) is 25.7 Å². The molecule has 3 atom stereocenters. The molecule has 0 bridgehead atoms. The van der Waals surface area contributed by atoms with Crippen LogP contribution < -0.4 is 5.73 Å². The molecule has 1 aromatic heterocycles. The molecule has 0 spiro atoms. The highest BCUT2D eigenvalue weighted by Gasteiger charge is 2.30. The van der Waals surface area contributed by atoms with Gasteiger partial charge in [-0.25, -0.2) is 0 Å². The molecule has 0 radical (unpaired) electrons.